The van der Waals surface area contributed by atoms with E-state index < -0.39 is 12.1 Å². The molecule has 2 unspecified atom stereocenters. The number of carbonyl (C=O) groups excluding carboxylic acids is 4. The average molecular weight is 836 g/mol. The van der Waals surface area contributed by atoms with Crippen molar-refractivity contribution in [1.29, 1.82) is 0 Å². The molecule has 2 aromatic carbocycles. The number of aromatic amines is 2. The van der Waals surface area contributed by atoms with Crippen molar-refractivity contribution < 1.29 is 28.7 Å². The minimum absolute atomic E-state index is 0.0120. The van der Waals surface area contributed by atoms with E-state index >= 15 is 0 Å². The molecule has 3 fully saturated rings. The van der Waals surface area contributed by atoms with Crippen LogP contribution in [-0.4, -0.2) is 101 Å². The van der Waals surface area contributed by atoms with Crippen LogP contribution in [-0.2, 0) is 30.3 Å². The fourth-order valence-electron chi connectivity index (χ4n) is 8.56. The number of benzene rings is 2. The first-order chi connectivity index (χ1) is 29.8. The molecule has 2 atom stereocenters. The second kappa shape index (κ2) is 22.7. The fourth-order valence-corrected chi connectivity index (χ4v) is 8.56. The Morgan fingerprint density at radius 2 is 1.57 bits per heavy atom. The van der Waals surface area contributed by atoms with Gasteiger partial charge in [-0.25, -0.2) is 14.8 Å². The first-order valence-electron chi connectivity index (χ1n) is 21.8. The van der Waals surface area contributed by atoms with Crippen LogP contribution in [0, 0.1) is 5.92 Å². The zero-order chi connectivity index (χ0) is 43.0. The lowest BCUT2D eigenvalue weighted by Crippen LogP contribution is -2.51. The van der Waals surface area contributed by atoms with E-state index in [9.17, 15) is 14.4 Å². The SMILES string of the molecule is C1CCCC1.CNCC(=O)NCCCCc1ncc(-c2ccc3cc(-c4cc5nc(C6CCCN6C(=O)C(NC(=O)OC)C6CCCC6)[nH]c5cn4)ccc3c2)[nH]1.COC=O. The zero-order valence-corrected chi connectivity index (χ0v) is 35.8. The van der Waals surface area contributed by atoms with Gasteiger partial charge >= 0.3 is 6.09 Å². The van der Waals surface area contributed by atoms with Gasteiger partial charge < -0.3 is 40.3 Å². The van der Waals surface area contributed by atoms with Crippen molar-refractivity contribution in [3.8, 4) is 22.5 Å². The molecule has 0 spiro atoms. The van der Waals surface area contributed by atoms with Crippen LogP contribution in [0.25, 0.3) is 44.3 Å². The number of likely N-dealkylation sites (N-methyl/N-ethyl adjacent to an activating group) is 1. The summed E-state index contributed by atoms with van der Waals surface area (Å²) in [6, 6.07) is 13.9. The first-order valence-corrected chi connectivity index (χ1v) is 21.8. The number of ether oxygens (including phenoxy) is 2. The third-order valence-electron chi connectivity index (χ3n) is 11.8. The fraction of sp³-hybridized carbons (Fsp3) is 0.500. The van der Waals surface area contributed by atoms with E-state index in [0.29, 0.717) is 26.1 Å². The molecule has 2 saturated carbocycles. The number of hydrogen-bond acceptors (Lipinski definition) is 10. The summed E-state index contributed by atoms with van der Waals surface area (Å²) in [5.74, 6) is 1.73. The minimum atomic E-state index is -0.597. The summed E-state index contributed by atoms with van der Waals surface area (Å²) in [5.41, 5.74) is 5.46. The van der Waals surface area contributed by atoms with Gasteiger partial charge in [0.15, 0.2) is 0 Å². The number of methoxy groups -OCH3 is 2. The Balaban J connectivity index is 0.000000621. The van der Waals surface area contributed by atoms with Gasteiger partial charge in [0.1, 0.15) is 17.7 Å². The van der Waals surface area contributed by atoms with Crippen molar-refractivity contribution in [1.82, 2.24) is 45.8 Å². The molecule has 4 heterocycles. The maximum absolute atomic E-state index is 13.9. The summed E-state index contributed by atoms with van der Waals surface area (Å²) >= 11 is 0. The monoisotopic (exact) mass is 835 g/mol. The van der Waals surface area contributed by atoms with Gasteiger partial charge in [-0.15, -0.1) is 0 Å². The van der Waals surface area contributed by atoms with Gasteiger partial charge in [0.25, 0.3) is 6.47 Å². The quantitative estimate of drug-likeness (QED) is 0.0566. The molecular weight excluding hydrogens is 775 g/mol. The van der Waals surface area contributed by atoms with Gasteiger partial charge in [0, 0.05) is 30.6 Å². The van der Waals surface area contributed by atoms with Crippen molar-refractivity contribution in [3.05, 3.63) is 66.5 Å². The van der Waals surface area contributed by atoms with Crippen LogP contribution < -0.4 is 16.0 Å². The number of H-pyrrole nitrogens is 2. The number of unbranched alkanes of at least 4 members (excludes halogenated alkanes) is 1. The number of rotatable bonds is 14. The smallest absolute Gasteiger partial charge is 0.407 e. The van der Waals surface area contributed by atoms with E-state index in [4.69, 9.17) is 19.5 Å². The number of fused-ring (bicyclic) bond motifs is 2. The number of nitrogens with one attached hydrogen (secondary N) is 5. The molecule has 0 bridgehead atoms. The second-order valence-corrected chi connectivity index (χ2v) is 16.0. The number of nitrogens with zero attached hydrogens (tertiary/aromatic N) is 4. The zero-order valence-electron chi connectivity index (χ0n) is 35.8. The molecule has 1 aliphatic heterocycles. The van der Waals surface area contributed by atoms with Crippen molar-refractivity contribution in [3.63, 3.8) is 0 Å². The summed E-state index contributed by atoms with van der Waals surface area (Å²) in [7, 11) is 4.40. The summed E-state index contributed by atoms with van der Waals surface area (Å²) in [6.45, 7) is 1.99. The van der Waals surface area contributed by atoms with Crippen molar-refractivity contribution in [2.24, 2.45) is 5.92 Å². The van der Waals surface area contributed by atoms with E-state index in [1.54, 1.807) is 7.05 Å². The van der Waals surface area contributed by atoms with Gasteiger partial charge in [0.2, 0.25) is 11.8 Å². The number of imidazole rings is 2. The Hall–Kier alpha value is -5.83. The Morgan fingerprint density at radius 3 is 2.26 bits per heavy atom. The predicted molar refractivity (Wildman–Crippen MR) is 235 cm³/mol. The largest absolute Gasteiger partial charge is 0.471 e. The molecule has 326 valence electrons. The summed E-state index contributed by atoms with van der Waals surface area (Å²) in [6.07, 6.45) is 18.9. The average Bonchev–Trinajstić information content (AvgIpc) is 4.14. The molecule has 8 rings (SSSR count). The molecular formula is C46H61N9O6. The highest BCUT2D eigenvalue weighted by Gasteiger charge is 2.40. The van der Waals surface area contributed by atoms with E-state index in [0.717, 1.165) is 114 Å². The van der Waals surface area contributed by atoms with Crippen LogP contribution >= 0.6 is 0 Å². The third kappa shape index (κ3) is 12.1. The number of aromatic nitrogens is 5. The second-order valence-electron chi connectivity index (χ2n) is 16.0. The highest BCUT2D eigenvalue weighted by molar-refractivity contribution is 5.91. The first kappa shape index (κ1) is 44.7. The van der Waals surface area contributed by atoms with Crippen LogP contribution in [0.1, 0.15) is 101 Å². The lowest BCUT2D eigenvalue weighted by atomic mass is 9.96. The van der Waals surface area contributed by atoms with Crippen molar-refractivity contribution >= 4 is 46.2 Å². The van der Waals surface area contributed by atoms with Crippen LogP contribution in [0.5, 0.6) is 0 Å². The normalized spacial score (nSPS) is 16.6. The van der Waals surface area contributed by atoms with Crippen molar-refractivity contribution in [2.45, 2.75) is 102 Å². The highest BCUT2D eigenvalue weighted by Crippen LogP contribution is 2.36. The van der Waals surface area contributed by atoms with Crippen molar-refractivity contribution in [2.75, 3.05) is 40.9 Å². The van der Waals surface area contributed by atoms with Crippen LogP contribution in [0.2, 0.25) is 0 Å². The summed E-state index contributed by atoms with van der Waals surface area (Å²) in [5, 5.41) is 10.8. The molecule has 1 saturated heterocycles. The van der Waals surface area contributed by atoms with E-state index in [2.05, 4.69) is 72.0 Å². The molecule has 15 heteroatoms. The van der Waals surface area contributed by atoms with E-state index in [-0.39, 0.29) is 23.8 Å². The highest BCUT2D eigenvalue weighted by atomic mass is 16.5. The Kier molecular flexibility index (Phi) is 16.6. The molecule has 3 aliphatic rings. The lowest BCUT2D eigenvalue weighted by Gasteiger charge is -2.31. The number of hydrogen-bond donors (Lipinski definition) is 5. The molecule has 3 aromatic heterocycles. The Morgan fingerprint density at radius 1 is 0.869 bits per heavy atom. The molecule has 5 aromatic rings. The molecule has 2 aliphatic carbocycles. The number of alkyl carbamates (subject to hydrolysis) is 1. The molecule has 15 nitrogen and oxygen atoms in total. The third-order valence-corrected chi connectivity index (χ3v) is 11.8. The van der Waals surface area contributed by atoms with Crippen LogP contribution in [0.15, 0.2) is 54.9 Å². The number of carbonyl (C=O) groups is 4. The Bertz CT molecular complexity index is 2200. The maximum Gasteiger partial charge on any atom is 0.407 e. The predicted octanol–water partition coefficient (Wildman–Crippen LogP) is 7.14. The number of aryl methyl sites for hydroxylation is 1. The number of pyridine rings is 1. The maximum atomic E-state index is 13.9. The lowest BCUT2D eigenvalue weighted by molar-refractivity contribution is -0.135. The van der Waals surface area contributed by atoms with Gasteiger partial charge in [-0.1, -0.05) is 69.2 Å². The molecule has 3 amide bonds. The van der Waals surface area contributed by atoms with Crippen LogP contribution in [0.3, 0.4) is 0 Å². The van der Waals surface area contributed by atoms with Crippen LogP contribution in [0.4, 0.5) is 4.79 Å². The molecule has 61 heavy (non-hydrogen) atoms. The molecule has 0 radical (unpaired) electrons. The topological polar surface area (TPSA) is 196 Å². The van der Waals surface area contributed by atoms with Gasteiger partial charge in [-0.05, 0) is 80.5 Å². The Labute approximate surface area is 357 Å². The number of amides is 3. The summed E-state index contributed by atoms with van der Waals surface area (Å²) in [4.78, 5) is 69.7. The minimum Gasteiger partial charge on any atom is -0.471 e. The van der Waals surface area contributed by atoms with Gasteiger partial charge in [-0.3, -0.25) is 19.4 Å². The van der Waals surface area contributed by atoms with Gasteiger partial charge in [-0.2, -0.15) is 0 Å². The standard InChI is InChI=1S/C39H47N9O4.C5H10.C2H4O2/c1-40-23-35(49)41-16-6-5-11-34-43-21-31(44-34)28-15-13-25-18-27(14-12-26(25)19-28)29-20-30-32(22-42-29)46-37(45-30)33-10-7-17-48(33)38(50)36(47-39(51)52-2)24-8-3-4-9-24;1-2-4-5-3-1;1-4-2-3/h12-15,18-22,24,33,36,40H,3-11,16-17,23H2,1-2H3,(H,41,49)(H,43,44)(H,45,46)(H,47,51);1-5H2;2H,1H3. The van der Waals surface area contributed by atoms with E-state index in [1.807, 2.05) is 23.4 Å². The van der Waals surface area contributed by atoms with Gasteiger partial charge in [0.05, 0.1) is 61.6 Å². The summed E-state index contributed by atoms with van der Waals surface area (Å²) < 4.78 is 8.73. The number of likely N-dealkylation sites (tertiary alicyclic amines) is 1. The molecule has 5 N–H and O–H groups in total. The van der Waals surface area contributed by atoms with E-state index in [1.165, 1.54) is 46.3 Å².